The lowest BCUT2D eigenvalue weighted by Gasteiger charge is -2.17. The van der Waals surface area contributed by atoms with Gasteiger partial charge >= 0.3 is 0 Å². The Hall–Kier alpha value is -2.43. The van der Waals surface area contributed by atoms with Gasteiger partial charge < -0.3 is 5.32 Å². The summed E-state index contributed by atoms with van der Waals surface area (Å²) in [5, 5.41) is 7.29. The summed E-state index contributed by atoms with van der Waals surface area (Å²) in [7, 11) is 0. The Morgan fingerprint density at radius 1 is 1.26 bits per heavy atom. The number of benzene rings is 1. The molecular formula is C18H21N3O2. The van der Waals surface area contributed by atoms with Gasteiger partial charge in [0.05, 0.1) is 11.7 Å². The first kappa shape index (κ1) is 15.5. The number of aromatic nitrogens is 2. The summed E-state index contributed by atoms with van der Waals surface area (Å²) in [6.07, 6.45) is 4.00. The van der Waals surface area contributed by atoms with E-state index in [1.807, 2.05) is 37.3 Å². The van der Waals surface area contributed by atoms with Crippen molar-refractivity contribution >= 4 is 5.91 Å². The van der Waals surface area contributed by atoms with E-state index >= 15 is 0 Å². The van der Waals surface area contributed by atoms with Gasteiger partial charge in [0.15, 0.2) is 0 Å². The van der Waals surface area contributed by atoms with E-state index in [-0.39, 0.29) is 24.1 Å². The summed E-state index contributed by atoms with van der Waals surface area (Å²) >= 11 is 0. The molecule has 0 aliphatic heterocycles. The number of carbonyl (C=O) groups excluding carboxylic acids is 1. The fraction of sp³-hybridized carbons (Fsp3) is 0.389. The van der Waals surface area contributed by atoms with E-state index in [0.717, 1.165) is 42.5 Å². The average molecular weight is 311 g/mol. The van der Waals surface area contributed by atoms with Crippen molar-refractivity contribution in [2.45, 2.75) is 45.2 Å². The molecule has 3 rings (SSSR count). The third-order valence-electron chi connectivity index (χ3n) is 4.24. The lowest BCUT2D eigenvalue weighted by Crippen LogP contribution is -2.35. The van der Waals surface area contributed by atoms with Crippen molar-refractivity contribution in [3.63, 3.8) is 0 Å². The van der Waals surface area contributed by atoms with Gasteiger partial charge in [-0.2, -0.15) is 5.10 Å². The van der Waals surface area contributed by atoms with Crippen molar-refractivity contribution in [1.29, 1.82) is 0 Å². The minimum Gasteiger partial charge on any atom is -0.348 e. The van der Waals surface area contributed by atoms with Crippen molar-refractivity contribution in [2.75, 3.05) is 0 Å². The molecule has 23 heavy (non-hydrogen) atoms. The first-order chi connectivity index (χ1) is 11.1. The molecule has 0 saturated carbocycles. The smallest absolute Gasteiger partial charge is 0.267 e. The Morgan fingerprint density at radius 3 is 2.78 bits per heavy atom. The topological polar surface area (TPSA) is 64.0 Å². The molecule has 0 fully saturated rings. The maximum atomic E-state index is 12.2. The van der Waals surface area contributed by atoms with E-state index in [2.05, 4.69) is 10.4 Å². The zero-order valence-corrected chi connectivity index (χ0v) is 13.3. The summed E-state index contributed by atoms with van der Waals surface area (Å²) < 4.78 is 1.27. The van der Waals surface area contributed by atoms with Crippen molar-refractivity contribution in [2.24, 2.45) is 0 Å². The van der Waals surface area contributed by atoms with Gasteiger partial charge in [-0.25, -0.2) is 4.68 Å². The van der Waals surface area contributed by atoms with Gasteiger partial charge in [-0.15, -0.1) is 0 Å². The van der Waals surface area contributed by atoms with Crippen molar-refractivity contribution < 1.29 is 4.79 Å². The Morgan fingerprint density at radius 2 is 2.00 bits per heavy atom. The largest absolute Gasteiger partial charge is 0.348 e. The van der Waals surface area contributed by atoms with Gasteiger partial charge in [0.25, 0.3) is 5.56 Å². The molecule has 1 N–H and O–H groups in total. The fourth-order valence-electron chi connectivity index (χ4n) is 2.96. The summed E-state index contributed by atoms with van der Waals surface area (Å²) in [4.78, 5) is 24.3. The molecule has 1 aromatic carbocycles. The number of rotatable bonds is 4. The minimum absolute atomic E-state index is 0.0384. The highest BCUT2D eigenvalue weighted by Crippen LogP contribution is 2.17. The number of hydrogen-bond donors (Lipinski definition) is 1. The normalized spacial score (nSPS) is 14.8. The van der Waals surface area contributed by atoms with Crippen LogP contribution >= 0.6 is 0 Å². The molecule has 1 aliphatic carbocycles. The van der Waals surface area contributed by atoms with Crippen LogP contribution in [0, 0.1) is 0 Å². The van der Waals surface area contributed by atoms with Crippen molar-refractivity contribution in [3.05, 3.63) is 63.6 Å². The Bertz CT molecular complexity index is 753. The molecule has 5 nitrogen and oxygen atoms in total. The molecule has 1 atom stereocenters. The molecule has 1 aromatic heterocycles. The SMILES string of the molecule is C[C@@H](NC(=O)Cn1nc2c(cc1=O)CCCC2)c1ccccc1. The zero-order chi connectivity index (χ0) is 16.2. The highest BCUT2D eigenvalue weighted by Gasteiger charge is 2.15. The number of nitrogens with zero attached hydrogens (tertiary/aromatic N) is 2. The second-order valence-corrected chi connectivity index (χ2v) is 6.02. The van der Waals surface area contributed by atoms with Crippen molar-refractivity contribution in [1.82, 2.24) is 15.1 Å². The molecule has 0 radical (unpaired) electrons. The van der Waals surface area contributed by atoms with Gasteiger partial charge in [-0.05, 0) is 43.7 Å². The van der Waals surface area contributed by atoms with Crippen LogP contribution in [0.2, 0.25) is 0 Å². The highest BCUT2D eigenvalue weighted by atomic mass is 16.2. The van der Waals surface area contributed by atoms with Gasteiger partial charge in [0.1, 0.15) is 6.54 Å². The molecular weight excluding hydrogens is 290 g/mol. The zero-order valence-electron chi connectivity index (χ0n) is 13.3. The third-order valence-corrected chi connectivity index (χ3v) is 4.24. The van der Waals surface area contributed by atoms with Crippen LogP contribution in [0.15, 0.2) is 41.2 Å². The number of aryl methyl sites for hydroxylation is 2. The number of nitrogens with one attached hydrogen (secondary N) is 1. The van der Waals surface area contributed by atoms with E-state index in [9.17, 15) is 9.59 Å². The third kappa shape index (κ3) is 3.67. The van der Waals surface area contributed by atoms with Crippen LogP contribution in [-0.2, 0) is 24.2 Å². The first-order valence-corrected chi connectivity index (χ1v) is 8.08. The Kier molecular flexibility index (Phi) is 4.55. The number of hydrogen-bond acceptors (Lipinski definition) is 3. The molecule has 1 heterocycles. The number of amides is 1. The average Bonchev–Trinajstić information content (AvgIpc) is 2.56. The van der Waals surface area contributed by atoms with Gasteiger partial charge in [0, 0.05) is 6.07 Å². The predicted molar refractivity (Wildman–Crippen MR) is 88.1 cm³/mol. The number of fused-ring (bicyclic) bond motifs is 1. The molecule has 2 aromatic rings. The quantitative estimate of drug-likeness (QED) is 0.939. The maximum Gasteiger partial charge on any atom is 0.267 e. The van der Waals surface area contributed by atoms with E-state index in [4.69, 9.17) is 0 Å². The first-order valence-electron chi connectivity index (χ1n) is 8.08. The molecule has 0 saturated heterocycles. The second-order valence-electron chi connectivity index (χ2n) is 6.02. The van der Waals surface area contributed by atoms with Crippen molar-refractivity contribution in [3.8, 4) is 0 Å². The summed E-state index contributed by atoms with van der Waals surface area (Å²) in [6.45, 7) is 1.89. The van der Waals surface area contributed by atoms with Crippen LogP contribution in [0.4, 0.5) is 0 Å². The minimum atomic E-state index is -0.202. The van der Waals surface area contributed by atoms with Crippen LogP contribution in [0.5, 0.6) is 0 Å². The molecule has 0 spiro atoms. The molecule has 120 valence electrons. The van der Waals surface area contributed by atoms with E-state index < -0.39 is 0 Å². The van der Waals surface area contributed by atoms with Gasteiger partial charge in [-0.1, -0.05) is 30.3 Å². The fourth-order valence-corrected chi connectivity index (χ4v) is 2.96. The van der Waals surface area contributed by atoms with Crippen LogP contribution in [0.3, 0.4) is 0 Å². The van der Waals surface area contributed by atoms with E-state index in [1.54, 1.807) is 6.07 Å². The molecule has 0 unspecified atom stereocenters. The van der Waals surface area contributed by atoms with Gasteiger partial charge in [-0.3, -0.25) is 9.59 Å². The molecule has 1 amide bonds. The Labute approximate surface area is 135 Å². The monoisotopic (exact) mass is 311 g/mol. The summed E-state index contributed by atoms with van der Waals surface area (Å²) in [5.74, 6) is -0.202. The van der Waals surface area contributed by atoms with E-state index in [1.165, 1.54) is 4.68 Å². The van der Waals surface area contributed by atoms with Crippen LogP contribution in [0.1, 0.15) is 42.6 Å². The van der Waals surface area contributed by atoms with E-state index in [0.29, 0.717) is 0 Å². The van der Waals surface area contributed by atoms with Crippen LogP contribution < -0.4 is 10.9 Å². The van der Waals surface area contributed by atoms with Crippen LogP contribution in [-0.4, -0.2) is 15.7 Å². The lowest BCUT2D eigenvalue weighted by molar-refractivity contribution is -0.122. The summed E-state index contributed by atoms with van der Waals surface area (Å²) in [5.41, 5.74) is 2.83. The van der Waals surface area contributed by atoms with Gasteiger partial charge in [0.2, 0.25) is 5.91 Å². The maximum absolute atomic E-state index is 12.2. The standard InChI is InChI=1S/C18H21N3O2/c1-13(14-7-3-2-4-8-14)19-17(22)12-21-18(23)11-15-9-5-6-10-16(15)20-21/h2-4,7-8,11,13H,5-6,9-10,12H2,1H3,(H,19,22)/t13-/m1/s1. The molecule has 1 aliphatic rings. The lowest BCUT2D eigenvalue weighted by atomic mass is 9.97. The van der Waals surface area contributed by atoms with Crippen LogP contribution in [0.25, 0.3) is 0 Å². The second kappa shape index (κ2) is 6.77. The molecule has 5 heteroatoms. The summed E-state index contributed by atoms with van der Waals surface area (Å²) in [6, 6.07) is 11.3. The predicted octanol–water partition coefficient (Wildman–Crippen LogP) is 2.00. The number of carbonyl (C=O) groups is 1. The highest BCUT2D eigenvalue weighted by molar-refractivity contribution is 5.76. The Balaban J connectivity index is 1.69. The molecule has 0 bridgehead atoms.